The average Bonchev–Trinajstić information content (AvgIpc) is 3.35. The van der Waals surface area contributed by atoms with Gasteiger partial charge in [0.1, 0.15) is 24.7 Å². The van der Waals surface area contributed by atoms with Gasteiger partial charge in [-0.3, -0.25) is 9.59 Å². The molecule has 1 aromatic heterocycles. The van der Waals surface area contributed by atoms with Crippen molar-refractivity contribution in [2.75, 3.05) is 40.0 Å². The van der Waals surface area contributed by atoms with Crippen molar-refractivity contribution in [3.05, 3.63) is 87.4 Å². The van der Waals surface area contributed by atoms with Crippen molar-refractivity contribution >= 4 is 23.2 Å². The van der Waals surface area contributed by atoms with Gasteiger partial charge in [-0.25, -0.2) is 4.39 Å². The molecule has 2 aromatic carbocycles. The van der Waals surface area contributed by atoms with Crippen molar-refractivity contribution < 1.29 is 23.5 Å². The minimum absolute atomic E-state index is 0.0607. The molecule has 0 aliphatic carbocycles. The summed E-state index contributed by atoms with van der Waals surface area (Å²) in [5.41, 5.74) is 2.16. The van der Waals surface area contributed by atoms with Gasteiger partial charge in [0.2, 0.25) is 5.91 Å². The number of halogens is 1. The van der Waals surface area contributed by atoms with Crippen molar-refractivity contribution in [2.24, 2.45) is 0 Å². The summed E-state index contributed by atoms with van der Waals surface area (Å²) in [6.45, 7) is 3.09. The second-order valence-corrected chi connectivity index (χ2v) is 9.48. The molecule has 0 unspecified atom stereocenters. The smallest absolute Gasteiger partial charge is 0.257 e. The van der Waals surface area contributed by atoms with Crippen LogP contribution in [0.4, 0.5) is 4.39 Å². The molecule has 184 valence electrons. The average molecular weight is 497 g/mol. The van der Waals surface area contributed by atoms with Crippen molar-refractivity contribution in [1.82, 2.24) is 9.80 Å². The lowest BCUT2D eigenvalue weighted by molar-refractivity contribution is -0.135. The van der Waals surface area contributed by atoms with Crippen molar-refractivity contribution in [3.8, 4) is 5.75 Å². The number of rotatable bonds is 9. The molecule has 0 spiro atoms. The van der Waals surface area contributed by atoms with E-state index in [0.29, 0.717) is 13.2 Å². The number of benzene rings is 2. The van der Waals surface area contributed by atoms with Crippen molar-refractivity contribution in [2.45, 2.75) is 19.4 Å². The van der Waals surface area contributed by atoms with E-state index in [0.717, 1.165) is 23.3 Å². The number of ether oxygens (including phenoxy) is 2. The maximum atomic E-state index is 14.3. The highest BCUT2D eigenvalue weighted by atomic mass is 32.1. The Labute approximate surface area is 208 Å². The van der Waals surface area contributed by atoms with Gasteiger partial charge < -0.3 is 19.3 Å². The lowest BCUT2D eigenvalue weighted by Crippen LogP contribution is -2.48. The minimum Gasteiger partial charge on any atom is -0.491 e. The number of carbonyl (C=O) groups is 2. The number of hydrogen-bond donors (Lipinski definition) is 0. The van der Waals surface area contributed by atoms with Crippen LogP contribution in [0.5, 0.6) is 5.75 Å². The summed E-state index contributed by atoms with van der Waals surface area (Å²) in [6.07, 6.45) is 0.749. The van der Waals surface area contributed by atoms with E-state index in [-0.39, 0.29) is 37.2 Å². The third-order valence-electron chi connectivity index (χ3n) is 6.13. The Morgan fingerprint density at radius 3 is 2.66 bits per heavy atom. The van der Waals surface area contributed by atoms with E-state index >= 15 is 0 Å². The van der Waals surface area contributed by atoms with Gasteiger partial charge in [-0.2, -0.15) is 0 Å². The SMILES string of the molecule is COCCN(CC(=O)N1CCc2sccc2[C@@H]1COc1ccc(C)cc1)C(=O)c1ccccc1F. The molecule has 0 radical (unpaired) electrons. The second-order valence-electron chi connectivity index (χ2n) is 8.48. The lowest BCUT2D eigenvalue weighted by atomic mass is 10.0. The fourth-order valence-corrected chi connectivity index (χ4v) is 5.13. The first-order valence-corrected chi connectivity index (χ1v) is 12.4. The van der Waals surface area contributed by atoms with Crippen LogP contribution in [0.2, 0.25) is 0 Å². The number of fused-ring (bicyclic) bond motifs is 1. The predicted octanol–water partition coefficient (Wildman–Crippen LogP) is 4.49. The predicted molar refractivity (Wildman–Crippen MR) is 133 cm³/mol. The third-order valence-corrected chi connectivity index (χ3v) is 7.12. The summed E-state index contributed by atoms with van der Waals surface area (Å²) in [7, 11) is 1.52. The highest BCUT2D eigenvalue weighted by Crippen LogP contribution is 2.34. The maximum absolute atomic E-state index is 14.3. The Hall–Kier alpha value is -3.23. The fourth-order valence-electron chi connectivity index (χ4n) is 4.20. The molecule has 35 heavy (non-hydrogen) atoms. The Bertz CT molecular complexity index is 1160. The molecule has 8 heteroatoms. The Morgan fingerprint density at radius 2 is 1.91 bits per heavy atom. The number of thiophene rings is 1. The largest absolute Gasteiger partial charge is 0.491 e. The van der Waals surface area contributed by atoms with Crippen LogP contribution in [0.15, 0.2) is 60.0 Å². The minimum atomic E-state index is -0.613. The Morgan fingerprint density at radius 1 is 1.14 bits per heavy atom. The van der Waals surface area contributed by atoms with E-state index in [2.05, 4.69) is 0 Å². The lowest BCUT2D eigenvalue weighted by Gasteiger charge is -2.37. The molecule has 0 bridgehead atoms. The summed E-state index contributed by atoms with van der Waals surface area (Å²) < 4.78 is 25.5. The monoisotopic (exact) mass is 496 g/mol. The number of amides is 2. The molecule has 0 saturated heterocycles. The zero-order valence-corrected chi connectivity index (χ0v) is 20.7. The van der Waals surface area contributed by atoms with Crippen LogP contribution in [0, 0.1) is 12.7 Å². The Balaban J connectivity index is 1.53. The van der Waals surface area contributed by atoms with Crippen LogP contribution < -0.4 is 4.74 Å². The normalized spacial score (nSPS) is 14.9. The number of methoxy groups -OCH3 is 1. The summed E-state index contributed by atoms with van der Waals surface area (Å²) in [5, 5.41) is 2.03. The molecule has 2 amide bonds. The summed E-state index contributed by atoms with van der Waals surface area (Å²) in [4.78, 5) is 31.0. The summed E-state index contributed by atoms with van der Waals surface area (Å²) >= 11 is 1.68. The molecule has 2 heterocycles. The quantitative estimate of drug-likeness (QED) is 0.438. The molecule has 1 aliphatic rings. The van der Waals surface area contributed by atoms with Gasteiger partial charge in [-0.15, -0.1) is 11.3 Å². The van der Waals surface area contributed by atoms with Crippen LogP contribution in [-0.2, 0) is 16.0 Å². The zero-order chi connectivity index (χ0) is 24.8. The van der Waals surface area contributed by atoms with Gasteiger partial charge in [0, 0.05) is 25.1 Å². The van der Waals surface area contributed by atoms with Gasteiger partial charge in [0.05, 0.1) is 18.2 Å². The first-order valence-electron chi connectivity index (χ1n) is 11.6. The standard InChI is InChI=1S/C27H29FN2O4S/c1-19-7-9-20(10-8-19)34-18-24-22-12-16-35-25(22)11-13-30(24)26(31)17-29(14-15-33-2)27(32)21-5-3-4-6-23(21)28/h3-10,12,16,24H,11,13-15,17-18H2,1-2H3/t24-/m0/s1. The molecule has 6 nitrogen and oxygen atoms in total. The molecular weight excluding hydrogens is 467 g/mol. The molecule has 1 aliphatic heterocycles. The maximum Gasteiger partial charge on any atom is 0.257 e. The van der Waals surface area contributed by atoms with E-state index in [1.54, 1.807) is 22.3 Å². The molecular formula is C27H29FN2O4S. The van der Waals surface area contributed by atoms with Crippen LogP contribution in [0.25, 0.3) is 0 Å². The third kappa shape index (κ3) is 5.89. The fraction of sp³-hybridized carbons (Fsp3) is 0.333. The topological polar surface area (TPSA) is 59.1 Å². The van der Waals surface area contributed by atoms with Crippen LogP contribution in [0.3, 0.4) is 0 Å². The first kappa shape index (κ1) is 24.9. The van der Waals surface area contributed by atoms with Crippen LogP contribution >= 0.6 is 11.3 Å². The molecule has 4 rings (SSSR count). The first-order chi connectivity index (χ1) is 17.0. The number of carbonyl (C=O) groups excluding carboxylic acids is 2. The van der Waals surface area contributed by atoms with Gasteiger partial charge >= 0.3 is 0 Å². The second kappa shape index (κ2) is 11.5. The van der Waals surface area contributed by atoms with Crippen molar-refractivity contribution in [3.63, 3.8) is 0 Å². The van der Waals surface area contributed by atoms with Crippen LogP contribution in [-0.4, -0.2) is 61.6 Å². The number of hydrogen-bond acceptors (Lipinski definition) is 5. The molecule has 1 atom stereocenters. The van der Waals surface area contributed by atoms with Crippen LogP contribution in [0.1, 0.15) is 32.4 Å². The van der Waals surface area contributed by atoms with E-state index in [1.807, 2.05) is 42.6 Å². The van der Waals surface area contributed by atoms with E-state index in [9.17, 15) is 14.0 Å². The molecule has 3 aromatic rings. The zero-order valence-electron chi connectivity index (χ0n) is 19.9. The molecule has 0 saturated carbocycles. The van der Waals surface area contributed by atoms with Gasteiger partial charge in [-0.1, -0.05) is 29.8 Å². The number of aryl methyl sites for hydroxylation is 1. The van der Waals surface area contributed by atoms with Gasteiger partial charge in [-0.05, 0) is 54.6 Å². The summed E-state index contributed by atoms with van der Waals surface area (Å²) in [6, 6.07) is 15.4. The van der Waals surface area contributed by atoms with Crippen molar-refractivity contribution in [1.29, 1.82) is 0 Å². The van der Waals surface area contributed by atoms with E-state index < -0.39 is 11.7 Å². The highest BCUT2D eigenvalue weighted by Gasteiger charge is 2.34. The summed E-state index contributed by atoms with van der Waals surface area (Å²) in [5.74, 6) is -0.617. The van der Waals surface area contributed by atoms with Gasteiger partial charge in [0.15, 0.2) is 0 Å². The highest BCUT2D eigenvalue weighted by molar-refractivity contribution is 7.10. The van der Waals surface area contributed by atoms with E-state index in [4.69, 9.17) is 9.47 Å². The molecule has 0 fully saturated rings. The van der Waals surface area contributed by atoms with Gasteiger partial charge in [0.25, 0.3) is 5.91 Å². The number of nitrogens with zero attached hydrogens (tertiary/aromatic N) is 2. The van der Waals surface area contributed by atoms with E-state index in [1.165, 1.54) is 35.1 Å². The Kier molecular flexibility index (Phi) is 8.15. The molecule has 0 N–H and O–H groups in total.